The Hall–Kier alpha value is -2.34. The van der Waals surface area contributed by atoms with Crippen LogP contribution in [-0.4, -0.2) is 42.8 Å². The minimum atomic E-state index is -1.16. The molecular formula is C17H23NO5. The minimum Gasteiger partial charge on any atom is -0.493 e. The van der Waals surface area contributed by atoms with Crippen molar-refractivity contribution in [2.24, 2.45) is 5.92 Å². The average molecular weight is 321 g/mol. The van der Waals surface area contributed by atoms with Crippen molar-refractivity contribution in [3.63, 3.8) is 0 Å². The summed E-state index contributed by atoms with van der Waals surface area (Å²) < 4.78 is 10.7. The molecule has 1 amide bonds. The summed E-state index contributed by atoms with van der Waals surface area (Å²) >= 11 is 0. The van der Waals surface area contributed by atoms with E-state index >= 15 is 0 Å². The second-order valence-corrected chi connectivity index (χ2v) is 5.42. The first-order chi connectivity index (χ1) is 10.9. The van der Waals surface area contributed by atoms with Crippen molar-refractivity contribution in [2.45, 2.75) is 19.9 Å². The van der Waals surface area contributed by atoms with E-state index in [1.54, 1.807) is 24.3 Å². The lowest BCUT2D eigenvalue weighted by Crippen LogP contribution is -2.44. The molecule has 1 unspecified atom stereocenters. The summed E-state index contributed by atoms with van der Waals surface area (Å²) in [5.41, 5.74) is 0.334. The van der Waals surface area contributed by atoms with Crippen molar-refractivity contribution in [1.82, 2.24) is 5.32 Å². The lowest BCUT2D eigenvalue weighted by atomic mass is 10.2. The van der Waals surface area contributed by atoms with Crippen LogP contribution < -0.4 is 10.1 Å². The van der Waals surface area contributed by atoms with Crippen LogP contribution in [0.1, 0.15) is 24.2 Å². The number of aliphatic carboxylic acids is 1. The summed E-state index contributed by atoms with van der Waals surface area (Å²) in [5, 5.41) is 11.6. The molecule has 0 aromatic heterocycles. The molecule has 0 bridgehead atoms. The summed E-state index contributed by atoms with van der Waals surface area (Å²) in [5.74, 6) is -0.712. The molecule has 0 saturated carbocycles. The van der Waals surface area contributed by atoms with E-state index in [4.69, 9.17) is 14.6 Å². The predicted molar refractivity (Wildman–Crippen MR) is 86.7 cm³/mol. The zero-order valence-corrected chi connectivity index (χ0v) is 13.5. The smallest absolute Gasteiger partial charge is 0.328 e. The van der Waals surface area contributed by atoms with E-state index in [-0.39, 0.29) is 13.2 Å². The molecule has 0 aliphatic heterocycles. The van der Waals surface area contributed by atoms with Crippen molar-refractivity contribution in [3.8, 4) is 5.75 Å². The molecule has 0 saturated heterocycles. The number of amides is 1. The third-order valence-corrected chi connectivity index (χ3v) is 2.80. The number of benzene rings is 1. The summed E-state index contributed by atoms with van der Waals surface area (Å²) in [7, 11) is 0. The number of carboxylic acids is 1. The largest absolute Gasteiger partial charge is 0.493 e. The topological polar surface area (TPSA) is 84.9 Å². The standard InChI is InChI=1S/C17H23NO5/c1-4-8-22-11-15(17(20)21)18-16(19)13-6-5-7-14(9-13)23-10-12(2)3/h4-7,9,12,15H,1,8,10-11H2,2-3H3,(H,18,19)(H,20,21). The number of hydrogen-bond acceptors (Lipinski definition) is 4. The third kappa shape index (κ3) is 6.97. The molecule has 0 spiro atoms. The van der Waals surface area contributed by atoms with Gasteiger partial charge in [-0.1, -0.05) is 26.0 Å². The molecule has 126 valence electrons. The van der Waals surface area contributed by atoms with Crippen LogP contribution in [0.3, 0.4) is 0 Å². The number of carbonyl (C=O) groups excluding carboxylic acids is 1. The molecule has 2 N–H and O–H groups in total. The summed E-state index contributed by atoms with van der Waals surface area (Å²) in [6.07, 6.45) is 1.51. The number of ether oxygens (including phenoxy) is 2. The Morgan fingerprint density at radius 1 is 1.35 bits per heavy atom. The first kappa shape index (κ1) is 18.7. The summed E-state index contributed by atoms with van der Waals surface area (Å²) in [6, 6.07) is 5.50. The normalized spacial score (nSPS) is 11.8. The molecule has 6 nitrogen and oxygen atoms in total. The van der Waals surface area contributed by atoms with Gasteiger partial charge in [-0.2, -0.15) is 0 Å². The second kappa shape index (κ2) is 9.63. The van der Waals surface area contributed by atoms with Gasteiger partial charge in [-0.05, 0) is 24.1 Å². The van der Waals surface area contributed by atoms with Crippen molar-refractivity contribution in [3.05, 3.63) is 42.5 Å². The Balaban J connectivity index is 2.69. The van der Waals surface area contributed by atoms with E-state index < -0.39 is 17.9 Å². The van der Waals surface area contributed by atoms with Crippen molar-refractivity contribution < 1.29 is 24.2 Å². The van der Waals surface area contributed by atoms with Crippen LogP contribution in [0, 0.1) is 5.92 Å². The van der Waals surface area contributed by atoms with Gasteiger partial charge >= 0.3 is 5.97 Å². The zero-order valence-electron chi connectivity index (χ0n) is 13.5. The highest BCUT2D eigenvalue weighted by Gasteiger charge is 2.21. The van der Waals surface area contributed by atoms with Crippen LogP contribution >= 0.6 is 0 Å². The Morgan fingerprint density at radius 2 is 2.09 bits per heavy atom. The van der Waals surface area contributed by atoms with E-state index in [2.05, 4.69) is 11.9 Å². The van der Waals surface area contributed by atoms with Crippen LogP contribution in [0.5, 0.6) is 5.75 Å². The van der Waals surface area contributed by atoms with Crippen LogP contribution in [-0.2, 0) is 9.53 Å². The molecule has 1 aromatic carbocycles. The van der Waals surface area contributed by atoms with E-state index in [1.807, 2.05) is 13.8 Å². The number of nitrogens with one attached hydrogen (secondary N) is 1. The van der Waals surface area contributed by atoms with Gasteiger partial charge in [0.25, 0.3) is 5.91 Å². The zero-order chi connectivity index (χ0) is 17.2. The molecule has 0 radical (unpaired) electrons. The molecule has 0 aliphatic rings. The highest BCUT2D eigenvalue weighted by molar-refractivity contribution is 5.96. The second-order valence-electron chi connectivity index (χ2n) is 5.42. The summed E-state index contributed by atoms with van der Waals surface area (Å²) in [4.78, 5) is 23.3. The molecule has 1 atom stereocenters. The fraction of sp³-hybridized carbons (Fsp3) is 0.412. The maximum Gasteiger partial charge on any atom is 0.328 e. The fourth-order valence-corrected chi connectivity index (χ4v) is 1.68. The number of hydrogen-bond donors (Lipinski definition) is 2. The molecule has 0 fully saturated rings. The van der Waals surface area contributed by atoms with Crippen LogP contribution in [0.15, 0.2) is 36.9 Å². The van der Waals surface area contributed by atoms with Gasteiger partial charge in [-0.15, -0.1) is 6.58 Å². The lowest BCUT2D eigenvalue weighted by molar-refractivity contribution is -0.140. The Kier molecular flexibility index (Phi) is 7.83. The summed E-state index contributed by atoms with van der Waals surface area (Å²) in [6.45, 7) is 8.16. The maximum atomic E-state index is 12.2. The van der Waals surface area contributed by atoms with Crippen LogP contribution in [0.4, 0.5) is 0 Å². The molecule has 0 aliphatic carbocycles. The van der Waals surface area contributed by atoms with Gasteiger partial charge in [0.2, 0.25) is 0 Å². The van der Waals surface area contributed by atoms with Crippen LogP contribution in [0.2, 0.25) is 0 Å². The molecular weight excluding hydrogens is 298 g/mol. The van der Waals surface area contributed by atoms with E-state index in [9.17, 15) is 9.59 Å². The van der Waals surface area contributed by atoms with E-state index in [1.165, 1.54) is 6.08 Å². The van der Waals surface area contributed by atoms with Gasteiger partial charge in [0.15, 0.2) is 6.04 Å². The van der Waals surface area contributed by atoms with Crippen molar-refractivity contribution in [1.29, 1.82) is 0 Å². The number of carboxylic acid groups (broad SMARTS) is 1. The predicted octanol–water partition coefficient (Wildman–Crippen LogP) is 2.11. The number of rotatable bonds is 10. The Bertz CT molecular complexity index is 542. The van der Waals surface area contributed by atoms with Gasteiger partial charge in [-0.25, -0.2) is 4.79 Å². The van der Waals surface area contributed by atoms with Gasteiger partial charge in [-0.3, -0.25) is 4.79 Å². The Labute approximate surface area is 136 Å². The average Bonchev–Trinajstić information content (AvgIpc) is 2.52. The van der Waals surface area contributed by atoms with E-state index in [0.717, 1.165) is 0 Å². The molecule has 6 heteroatoms. The molecule has 23 heavy (non-hydrogen) atoms. The molecule has 0 heterocycles. The monoisotopic (exact) mass is 321 g/mol. The highest BCUT2D eigenvalue weighted by atomic mass is 16.5. The van der Waals surface area contributed by atoms with Crippen molar-refractivity contribution >= 4 is 11.9 Å². The SMILES string of the molecule is C=CCOCC(NC(=O)c1cccc(OCC(C)C)c1)C(=O)O. The maximum absolute atomic E-state index is 12.2. The van der Waals surface area contributed by atoms with Gasteiger partial charge in [0, 0.05) is 5.56 Å². The number of carbonyl (C=O) groups is 2. The fourth-order valence-electron chi connectivity index (χ4n) is 1.68. The molecule has 1 aromatic rings. The molecule has 1 rings (SSSR count). The highest BCUT2D eigenvalue weighted by Crippen LogP contribution is 2.14. The third-order valence-electron chi connectivity index (χ3n) is 2.80. The minimum absolute atomic E-state index is 0.128. The van der Waals surface area contributed by atoms with Gasteiger partial charge < -0.3 is 19.9 Å². The van der Waals surface area contributed by atoms with Gasteiger partial charge in [0.1, 0.15) is 5.75 Å². The first-order valence-electron chi connectivity index (χ1n) is 7.39. The van der Waals surface area contributed by atoms with Crippen molar-refractivity contribution in [2.75, 3.05) is 19.8 Å². The first-order valence-corrected chi connectivity index (χ1v) is 7.39. The Morgan fingerprint density at radius 3 is 2.70 bits per heavy atom. The van der Waals surface area contributed by atoms with Crippen LogP contribution in [0.25, 0.3) is 0 Å². The lowest BCUT2D eigenvalue weighted by Gasteiger charge is -2.15. The quantitative estimate of drug-likeness (QED) is 0.509. The van der Waals surface area contributed by atoms with E-state index in [0.29, 0.717) is 23.8 Å². The van der Waals surface area contributed by atoms with Gasteiger partial charge in [0.05, 0.1) is 19.8 Å².